The number of aryl methyl sites for hydroxylation is 1. The number of hydrogen-bond donors (Lipinski definition) is 2. The van der Waals surface area contributed by atoms with Gasteiger partial charge in [0.15, 0.2) is 0 Å². The number of halogens is 3. The Hall–Kier alpha value is -1.76. The van der Waals surface area contributed by atoms with Gasteiger partial charge in [-0.15, -0.1) is 0 Å². The second kappa shape index (κ2) is 5.93. The van der Waals surface area contributed by atoms with Crippen LogP contribution in [0.1, 0.15) is 18.4 Å². The van der Waals surface area contributed by atoms with Crippen LogP contribution in [0.4, 0.5) is 24.5 Å². The standard InChI is InChI=1S/C14H18F3N3O/c1-9-2-3-10(6-12(9)18)19-13(21)7-20(11-4-5-11)8-14(15,16)17/h2-3,6,11H,4-5,7-8,18H2,1H3,(H,19,21). The predicted octanol–water partition coefficient (Wildman–Crippen LogP) is 2.54. The van der Waals surface area contributed by atoms with Gasteiger partial charge in [-0.05, 0) is 37.5 Å². The summed E-state index contributed by atoms with van der Waals surface area (Å²) in [5, 5.41) is 2.58. The highest BCUT2D eigenvalue weighted by molar-refractivity contribution is 5.92. The van der Waals surface area contributed by atoms with Gasteiger partial charge in [-0.25, -0.2) is 0 Å². The van der Waals surface area contributed by atoms with Gasteiger partial charge in [-0.3, -0.25) is 9.69 Å². The van der Waals surface area contributed by atoms with Crippen molar-refractivity contribution in [2.45, 2.75) is 32.0 Å². The van der Waals surface area contributed by atoms with Gasteiger partial charge in [0.1, 0.15) is 0 Å². The highest BCUT2D eigenvalue weighted by Gasteiger charge is 2.38. The monoisotopic (exact) mass is 301 g/mol. The van der Waals surface area contributed by atoms with E-state index in [9.17, 15) is 18.0 Å². The van der Waals surface area contributed by atoms with Crippen LogP contribution in [0.3, 0.4) is 0 Å². The van der Waals surface area contributed by atoms with E-state index < -0.39 is 18.6 Å². The zero-order valence-corrected chi connectivity index (χ0v) is 11.7. The van der Waals surface area contributed by atoms with Crippen LogP contribution in [0.25, 0.3) is 0 Å². The van der Waals surface area contributed by atoms with Crippen molar-refractivity contribution in [2.75, 3.05) is 24.1 Å². The molecule has 0 aliphatic heterocycles. The molecule has 0 atom stereocenters. The van der Waals surface area contributed by atoms with Gasteiger partial charge < -0.3 is 11.1 Å². The molecule has 1 amide bonds. The molecule has 0 spiro atoms. The van der Waals surface area contributed by atoms with Crippen molar-refractivity contribution in [3.63, 3.8) is 0 Å². The van der Waals surface area contributed by atoms with Gasteiger partial charge in [-0.2, -0.15) is 13.2 Å². The molecular weight excluding hydrogens is 283 g/mol. The van der Waals surface area contributed by atoms with Crippen molar-refractivity contribution in [1.29, 1.82) is 0 Å². The Morgan fingerprint density at radius 2 is 2.10 bits per heavy atom. The Morgan fingerprint density at radius 3 is 2.62 bits per heavy atom. The third-order valence-electron chi connectivity index (χ3n) is 3.36. The van der Waals surface area contributed by atoms with Crippen LogP contribution in [0.5, 0.6) is 0 Å². The highest BCUT2D eigenvalue weighted by atomic mass is 19.4. The van der Waals surface area contributed by atoms with E-state index in [0.29, 0.717) is 24.2 Å². The number of nitrogens with one attached hydrogen (secondary N) is 1. The number of alkyl halides is 3. The lowest BCUT2D eigenvalue weighted by Gasteiger charge is -2.22. The Balaban J connectivity index is 1.94. The van der Waals surface area contributed by atoms with Crippen molar-refractivity contribution in [3.8, 4) is 0 Å². The van der Waals surface area contributed by atoms with Gasteiger partial charge in [0, 0.05) is 17.4 Å². The van der Waals surface area contributed by atoms with E-state index in [1.807, 2.05) is 6.92 Å². The topological polar surface area (TPSA) is 58.4 Å². The summed E-state index contributed by atoms with van der Waals surface area (Å²) in [5.41, 5.74) is 7.63. The summed E-state index contributed by atoms with van der Waals surface area (Å²) in [6, 6.07) is 4.88. The Kier molecular flexibility index (Phi) is 4.41. The minimum Gasteiger partial charge on any atom is -0.398 e. The van der Waals surface area contributed by atoms with Crippen LogP contribution in [-0.4, -0.2) is 36.1 Å². The maximum absolute atomic E-state index is 12.5. The average molecular weight is 301 g/mol. The number of rotatable bonds is 5. The molecule has 0 heterocycles. The highest BCUT2D eigenvalue weighted by Crippen LogP contribution is 2.29. The zero-order valence-electron chi connectivity index (χ0n) is 11.7. The largest absolute Gasteiger partial charge is 0.401 e. The fourth-order valence-electron chi connectivity index (χ4n) is 2.09. The van der Waals surface area contributed by atoms with Crippen LogP contribution in [0.2, 0.25) is 0 Å². The summed E-state index contributed by atoms with van der Waals surface area (Å²) in [7, 11) is 0. The second-order valence-corrected chi connectivity index (χ2v) is 5.37. The average Bonchev–Trinajstić information content (AvgIpc) is 3.15. The van der Waals surface area contributed by atoms with Crippen LogP contribution >= 0.6 is 0 Å². The quantitative estimate of drug-likeness (QED) is 0.822. The summed E-state index contributed by atoms with van der Waals surface area (Å²) >= 11 is 0. The van der Waals surface area contributed by atoms with Crippen LogP contribution < -0.4 is 11.1 Å². The molecule has 4 nitrogen and oxygen atoms in total. The molecular formula is C14H18F3N3O. The van der Waals surface area contributed by atoms with E-state index in [-0.39, 0.29) is 12.6 Å². The summed E-state index contributed by atoms with van der Waals surface area (Å²) < 4.78 is 37.4. The molecule has 21 heavy (non-hydrogen) atoms. The van der Waals surface area contributed by atoms with Crippen LogP contribution in [0.15, 0.2) is 18.2 Å². The molecule has 0 radical (unpaired) electrons. The third-order valence-corrected chi connectivity index (χ3v) is 3.36. The van der Waals surface area contributed by atoms with Crippen molar-refractivity contribution < 1.29 is 18.0 Å². The number of nitrogens with two attached hydrogens (primary N) is 1. The number of hydrogen-bond acceptors (Lipinski definition) is 3. The third kappa shape index (κ3) is 4.93. The summed E-state index contributed by atoms with van der Waals surface area (Å²) in [6.45, 7) is 0.512. The van der Waals surface area contributed by atoms with Crippen molar-refractivity contribution in [1.82, 2.24) is 4.90 Å². The normalized spacial score (nSPS) is 15.3. The zero-order chi connectivity index (χ0) is 15.6. The molecule has 0 saturated heterocycles. The summed E-state index contributed by atoms with van der Waals surface area (Å²) in [4.78, 5) is 13.0. The molecule has 0 bridgehead atoms. The number of anilines is 2. The van der Waals surface area contributed by atoms with Crippen molar-refractivity contribution in [2.24, 2.45) is 0 Å². The number of benzene rings is 1. The first kappa shape index (κ1) is 15.6. The van der Waals surface area contributed by atoms with E-state index in [1.54, 1.807) is 18.2 Å². The van der Waals surface area contributed by atoms with Gasteiger partial charge in [0.2, 0.25) is 5.91 Å². The Bertz CT molecular complexity index is 527. The van der Waals surface area contributed by atoms with E-state index in [0.717, 1.165) is 5.56 Å². The molecule has 2 rings (SSSR count). The smallest absolute Gasteiger partial charge is 0.398 e. The minimum atomic E-state index is -4.29. The number of nitrogens with zero attached hydrogens (tertiary/aromatic N) is 1. The Morgan fingerprint density at radius 1 is 1.43 bits per heavy atom. The molecule has 1 fully saturated rings. The maximum atomic E-state index is 12.5. The van der Waals surface area contributed by atoms with Gasteiger partial charge in [0.05, 0.1) is 13.1 Å². The maximum Gasteiger partial charge on any atom is 0.401 e. The van der Waals surface area contributed by atoms with E-state index in [4.69, 9.17) is 5.73 Å². The summed E-state index contributed by atoms with van der Waals surface area (Å²) in [6.07, 6.45) is -2.88. The molecule has 7 heteroatoms. The Labute approximate surface area is 121 Å². The number of amides is 1. The number of carbonyl (C=O) groups excluding carboxylic acids is 1. The fourth-order valence-corrected chi connectivity index (χ4v) is 2.09. The lowest BCUT2D eigenvalue weighted by molar-refractivity contribution is -0.149. The molecule has 1 aromatic carbocycles. The lowest BCUT2D eigenvalue weighted by atomic mass is 10.2. The lowest BCUT2D eigenvalue weighted by Crippen LogP contribution is -2.41. The van der Waals surface area contributed by atoms with E-state index >= 15 is 0 Å². The molecule has 1 aromatic rings. The molecule has 0 unspecified atom stereocenters. The molecule has 1 aliphatic carbocycles. The van der Waals surface area contributed by atoms with Gasteiger partial charge >= 0.3 is 6.18 Å². The first-order chi connectivity index (χ1) is 9.74. The van der Waals surface area contributed by atoms with Crippen molar-refractivity contribution in [3.05, 3.63) is 23.8 Å². The van der Waals surface area contributed by atoms with Crippen LogP contribution in [-0.2, 0) is 4.79 Å². The molecule has 1 aliphatic rings. The minimum absolute atomic E-state index is 0.138. The fraction of sp³-hybridized carbons (Fsp3) is 0.500. The SMILES string of the molecule is Cc1ccc(NC(=O)CN(CC(F)(F)F)C2CC2)cc1N. The molecule has 1 saturated carbocycles. The number of nitrogen functional groups attached to an aromatic ring is 1. The van der Waals surface area contributed by atoms with Crippen LogP contribution in [0, 0.1) is 6.92 Å². The van der Waals surface area contributed by atoms with Gasteiger partial charge in [-0.1, -0.05) is 6.07 Å². The summed E-state index contributed by atoms with van der Waals surface area (Å²) in [5.74, 6) is -0.464. The molecule has 0 aromatic heterocycles. The van der Waals surface area contributed by atoms with E-state index in [2.05, 4.69) is 5.32 Å². The molecule has 3 N–H and O–H groups in total. The van der Waals surface area contributed by atoms with E-state index in [1.165, 1.54) is 4.90 Å². The predicted molar refractivity (Wildman–Crippen MR) is 74.9 cm³/mol. The first-order valence-electron chi connectivity index (χ1n) is 6.71. The number of carbonyl (C=O) groups is 1. The molecule has 116 valence electrons. The first-order valence-corrected chi connectivity index (χ1v) is 6.71. The van der Waals surface area contributed by atoms with Crippen molar-refractivity contribution >= 4 is 17.3 Å². The van der Waals surface area contributed by atoms with Gasteiger partial charge in [0.25, 0.3) is 0 Å². The second-order valence-electron chi connectivity index (χ2n) is 5.37.